The van der Waals surface area contributed by atoms with Crippen LogP contribution >= 0.6 is 0 Å². The van der Waals surface area contributed by atoms with Crippen molar-refractivity contribution < 1.29 is 9.67 Å². The van der Waals surface area contributed by atoms with Crippen LogP contribution in [0.25, 0.3) is 27.8 Å². The number of aromatic nitrogens is 5. The normalized spacial score (nSPS) is 11.7. The van der Waals surface area contributed by atoms with Crippen LogP contribution in [0.5, 0.6) is 5.88 Å². The first-order chi connectivity index (χ1) is 14.1. The van der Waals surface area contributed by atoms with Crippen LogP contribution in [0, 0.1) is 0 Å². The van der Waals surface area contributed by atoms with Crippen LogP contribution in [0.4, 0.5) is 0 Å². The van der Waals surface area contributed by atoms with Gasteiger partial charge in [-0.05, 0) is 23.0 Å². The first-order valence-electron chi connectivity index (χ1n) is 9.56. The molecule has 0 spiro atoms. The molecule has 2 aromatic carbocycles. The summed E-state index contributed by atoms with van der Waals surface area (Å²) in [6.07, 6.45) is 0.400. The Labute approximate surface area is 166 Å². The van der Waals surface area contributed by atoms with Gasteiger partial charge in [0.05, 0.1) is 5.52 Å². The molecule has 144 valence electrons. The van der Waals surface area contributed by atoms with E-state index in [1.54, 1.807) is 4.57 Å². The van der Waals surface area contributed by atoms with Gasteiger partial charge < -0.3 is 9.67 Å². The lowest BCUT2D eigenvalue weighted by atomic mass is 10.2. The standard InChI is InChI=1S/C22H19N5O2/c1-3-15-20(28)26(13-14-9-5-4-6-10-14)22-23-19-18(24-27(22)21(15)29)16-11-7-8-12-17(16)25(19)2/h4-12H,3,13H2,1-2H3/p+1. The molecule has 1 N–H and O–H groups in total. The first kappa shape index (κ1) is 17.4. The number of aryl methyl sites for hydroxylation is 1. The number of rotatable bonds is 3. The van der Waals surface area contributed by atoms with Crippen LogP contribution in [0.1, 0.15) is 18.1 Å². The molecule has 0 aliphatic rings. The van der Waals surface area contributed by atoms with Crippen LogP contribution in [0.3, 0.4) is 0 Å². The van der Waals surface area contributed by atoms with Crippen molar-refractivity contribution in [1.29, 1.82) is 0 Å². The summed E-state index contributed by atoms with van der Waals surface area (Å²) < 4.78 is 4.93. The summed E-state index contributed by atoms with van der Waals surface area (Å²) in [5.74, 6) is 0.251. The Morgan fingerprint density at radius 3 is 2.55 bits per heavy atom. The van der Waals surface area contributed by atoms with E-state index in [0.29, 0.717) is 35.5 Å². The predicted molar refractivity (Wildman–Crippen MR) is 110 cm³/mol. The Hall–Kier alpha value is -3.74. The zero-order valence-electron chi connectivity index (χ0n) is 16.2. The second-order valence-corrected chi connectivity index (χ2v) is 7.10. The van der Waals surface area contributed by atoms with E-state index in [0.717, 1.165) is 16.5 Å². The Bertz CT molecular complexity index is 1450. The van der Waals surface area contributed by atoms with E-state index in [-0.39, 0.29) is 11.4 Å². The highest BCUT2D eigenvalue weighted by Crippen LogP contribution is 2.25. The van der Waals surface area contributed by atoms with Gasteiger partial charge in [0, 0.05) is 12.4 Å². The number of aromatic hydroxyl groups is 1. The summed E-state index contributed by atoms with van der Waals surface area (Å²) in [5.41, 5.74) is 3.29. The summed E-state index contributed by atoms with van der Waals surface area (Å²) in [7, 11) is 1.93. The Morgan fingerprint density at radius 2 is 1.79 bits per heavy atom. The van der Waals surface area contributed by atoms with Crippen molar-refractivity contribution in [2.24, 2.45) is 7.05 Å². The van der Waals surface area contributed by atoms with Gasteiger partial charge in [0.2, 0.25) is 5.65 Å². The molecule has 0 aliphatic heterocycles. The topological polar surface area (TPSA) is 76.3 Å². The summed E-state index contributed by atoms with van der Waals surface area (Å²) in [4.78, 5) is 17.8. The fraction of sp³-hybridized carbons (Fsp3) is 0.182. The van der Waals surface area contributed by atoms with Crippen molar-refractivity contribution in [2.45, 2.75) is 19.9 Å². The van der Waals surface area contributed by atoms with Gasteiger partial charge in [-0.15, -0.1) is 0 Å². The molecule has 0 amide bonds. The quantitative estimate of drug-likeness (QED) is 0.483. The molecule has 7 nitrogen and oxygen atoms in total. The van der Waals surface area contributed by atoms with Crippen molar-refractivity contribution in [3.8, 4) is 5.88 Å². The van der Waals surface area contributed by atoms with Gasteiger partial charge in [0.15, 0.2) is 5.52 Å². The molecule has 0 fully saturated rings. The predicted octanol–water partition coefficient (Wildman–Crippen LogP) is 2.34. The smallest absolute Gasteiger partial charge is 0.431 e. The highest BCUT2D eigenvalue weighted by Gasteiger charge is 2.27. The number of nitrogens with zero attached hydrogens (tertiary/aromatic N) is 5. The minimum absolute atomic E-state index is 0.0613. The van der Waals surface area contributed by atoms with E-state index in [9.17, 15) is 9.90 Å². The van der Waals surface area contributed by atoms with Gasteiger partial charge in [-0.25, -0.2) is 4.79 Å². The lowest BCUT2D eigenvalue weighted by Crippen LogP contribution is -2.43. The molecule has 29 heavy (non-hydrogen) atoms. The van der Waals surface area contributed by atoms with Crippen molar-refractivity contribution in [2.75, 3.05) is 0 Å². The fourth-order valence-corrected chi connectivity index (χ4v) is 3.89. The second kappa shape index (κ2) is 6.41. The molecule has 0 bridgehead atoms. The molecule has 7 heteroatoms. The van der Waals surface area contributed by atoms with E-state index in [4.69, 9.17) is 4.98 Å². The molecule has 3 aromatic heterocycles. The van der Waals surface area contributed by atoms with Gasteiger partial charge in [0.25, 0.3) is 5.88 Å². The van der Waals surface area contributed by atoms with Gasteiger partial charge in [-0.3, -0.25) is 0 Å². The number of benzene rings is 2. The van der Waals surface area contributed by atoms with Crippen LogP contribution in [0.15, 0.2) is 59.4 Å². The van der Waals surface area contributed by atoms with Gasteiger partial charge in [0.1, 0.15) is 12.1 Å². The lowest BCUT2D eigenvalue weighted by Gasteiger charge is -2.09. The molecule has 0 aliphatic carbocycles. The first-order valence-corrected chi connectivity index (χ1v) is 9.56. The molecular weight excluding hydrogens is 366 g/mol. The monoisotopic (exact) mass is 386 g/mol. The molecule has 0 atom stereocenters. The van der Waals surface area contributed by atoms with Gasteiger partial charge in [-0.1, -0.05) is 65.1 Å². The Morgan fingerprint density at radius 1 is 1.07 bits per heavy atom. The number of hydrogen-bond donors (Lipinski definition) is 1. The van der Waals surface area contributed by atoms with E-state index in [2.05, 4.69) is 5.10 Å². The van der Waals surface area contributed by atoms with Crippen LogP contribution < -0.4 is 10.1 Å². The highest BCUT2D eigenvalue weighted by molar-refractivity contribution is 6.04. The van der Waals surface area contributed by atoms with Crippen molar-refractivity contribution in [1.82, 2.24) is 19.2 Å². The molecule has 0 unspecified atom stereocenters. The van der Waals surface area contributed by atoms with Crippen molar-refractivity contribution in [3.05, 3.63) is 76.1 Å². The van der Waals surface area contributed by atoms with E-state index in [1.165, 1.54) is 4.52 Å². The van der Waals surface area contributed by atoms with Gasteiger partial charge >= 0.3 is 11.3 Å². The maximum absolute atomic E-state index is 13.1. The van der Waals surface area contributed by atoms with Crippen molar-refractivity contribution in [3.63, 3.8) is 0 Å². The summed E-state index contributed by atoms with van der Waals surface area (Å²) in [5, 5.41) is 16.5. The zero-order chi connectivity index (χ0) is 20.1. The SMILES string of the molecule is CCc1c(O)[n+](Cc2ccccc2)c2nc3c(nn2c1=O)c1ccccc1n3C. The van der Waals surface area contributed by atoms with Gasteiger partial charge in [-0.2, -0.15) is 4.57 Å². The van der Waals surface area contributed by atoms with Crippen LogP contribution in [-0.4, -0.2) is 24.3 Å². The minimum atomic E-state index is -0.341. The minimum Gasteiger partial charge on any atom is -0.483 e. The molecular formula is C22H20N5O2+. The van der Waals surface area contributed by atoms with Crippen LogP contribution in [0.2, 0.25) is 0 Å². The third kappa shape index (κ3) is 2.51. The fourth-order valence-electron chi connectivity index (χ4n) is 3.89. The maximum atomic E-state index is 13.1. The number of para-hydroxylation sites is 1. The van der Waals surface area contributed by atoms with E-state index >= 15 is 0 Å². The molecule has 5 aromatic rings. The highest BCUT2D eigenvalue weighted by atomic mass is 16.3. The largest absolute Gasteiger partial charge is 0.483 e. The number of hydrogen-bond acceptors (Lipinski definition) is 4. The molecule has 5 rings (SSSR count). The van der Waals surface area contributed by atoms with Crippen molar-refractivity contribution >= 4 is 27.8 Å². The average Bonchev–Trinajstić information content (AvgIpc) is 3.03. The summed E-state index contributed by atoms with van der Waals surface area (Å²) in [6.45, 7) is 2.23. The molecule has 3 heterocycles. The third-order valence-corrected chi connectivity index (χ3v) is 5.40. The Kier molecular flexibility index (Phi) is 3.84. The number of fused-ring (bicyclic) bond motifs is 4. The third-order valence-electron chi connectivity index (χ3n) is 5.40. The zero-order valence-corrected chi connectivity index (χ0v) is 16.2. The second-order valence-electron chi connectivity index (χ2n) is 7.10. The lowest BCUT2D eigenvalue weighted by molar-refractivity contribution is -0.674. The molecule has 0 radical (unpaired) electrons. The maximum Gasteiger partial charge on any atom is 0.431 e. The summed E-state index contributed by atoms with van der Waals surface area (Å²) in [6, 6.07) is 17.7. The molecule has 0 saturated carbocycles. The average molecular weight is 386 g/mol. The summed E-state index contributed by atoms with van der Waals surface area (Å²) >= 11 is 0. The van der Waals surface area contributed by atoms with E-state index in [1.807, 2.05) is 73.1 Å². The Balaban J connectivity index is 1.92. The van der Waals surface area contributed by atoms with E-state index < -0.39 is 0 Å². The van der Waals surface area contributed by atoms with Crippen LogP contribution in [-0.2, 0) is 20.0 Å². The molecule has 0 saturated heterocycles.